The Morgan fingerprint density at radius 3 is 2.07 bits per heavy atom. The van der Waals surface area contributed by atoms with Crippen LogP contribution in [-0.2, 0) is 32.6 Å². The van der Waals surface area contributed by atoms with E-state index in [0.717, 1.165) is 27.8 Å². The van der Waals surface area contributed by atoms with Crippen molar-refractivity contribution in [3.05, 3.63) is 106 Å². The van der Waals surface area contributed by atoms with Crippen LogP contribution in [0.5, 0.6) is 0 Å². The molecule has 41 heavy (non-hydrogen) atoms. The highest BCUT2D eigenvalue weighted by Gasteiger charge is 2.33. The second-order valence-electron chi connectivity index (χ2n) is 10.3. The van der Waals surface area contributed by atoms with Crippen molar-refractivity contribution in [2.45, 2.75) is 39.8 Å². The number of anilines is 1. The van der Waals surface area contributed by atoms with E-state index in [1.165, 1.54) is 17.0 Å². The highest BCUT2D eigenvalue weighted by molar-refractivity contribution is 7.92. The van der Waals surface area contributed by atoms with Crippen molar-refractivity contribution in [1.82, 2.24) is 10.2 Å². The van der Waals surface area contributed by atoms with Gasteiger partial charge in [0.1, 0.15) is 12.6 Å². The number of non-ortho nitro benzene ring substituents is 1. The van der Waals surface area contributed by atoms with Gasteiger partial charge in [-0.05, 0) is 29.5 Å². The van der Waals surface area contributed by atoms with Crippen molar-refractivity contribution in [2.24, 2.45) is 5.92 Å². The zero-order valence-electron chi connectivity index (χ0n) is 23.7. The van der Waals surface area contributed by atoms with Crippen LogP contribution in [0.15, 0.2) is 78.9 Å². The molecule has 3 aromatic carbocycles. The molecule has 0 fully saturated rings. The molecule has 2 amide bonds. The number of rotatable bonds is 13. The number of hydrogen-bond donors (Lipinski definition) is 1. The minimum Gasteiger partial charge on any atom is -0.354 e. The normalized spacial score (nSPS) is 12.0. The lowest BCUT2D eigenvalue weighted by atomic mass is 10.0. The molecule has 0 radical (unpaired) electrons. The summed E-state index contributed by atoms with van der Waals surface area (Å²) in [5.41, 5.74) is 1.76. The first-order valence-corrected chi connectivity index (χ1v) is 15.1. The van der Waals surface area contributed by atoms with Gasteiger partial charge in [0.2, 0.25) is 21.8 Å². The molecule has 0 aliphatic rings. The van der Waals surface area contributed by atoms with E-state index in [4.69, 9.17) is 0 Å². The maximum absolute atomic E-state index is 14.1. The fourth-order valence-electron chi connectivity index (χ4n) is 4.33. The number of carbonyl (C=O) groups is 2. The highest BCUT2D eigenvalue weighted by atomic mass is 32.2. The lowest BCUT2D eigenvalue weighted by molar-refractivity contribution is -0.384. The molecule has 0 unspecified atom stereocenters. The fourth-order valence-corrected chi connectivity index (χ4v) is 5.23. The molecule has 1 N–H and O–H groups in total. The number of carbonyl (C=O) groups excluding carboxylic acids is 2. The average molecular weight is 581 g/mol. The molecule has 0 bridgehead atoms. The Bertz CT molecular complexity index is 1460. The second-order valence-corrected chi connectivity index (χ2v) is 12.3. The zero-order chi connectivity index (χ0) is 30.2. The van der Waals surface area contributed by atoms with E-state index in [0.29, 0.717) is 12.1 Å². The summed E-state index contributed by atoms with van der Waals surface area (Å²) in [5, 5.41) is 14.4. The van der Waals surface area contributed by atoms with Crippen molar-refractivity contribution in [3.63, 3.8) is 0 Å². The molecule has 0 aliphatic carbocycles. The predicted molar refractivity (Wildman–Crippen MR) is 159 cm³/mol. The van der Waals surface area contributed by atoms with Crippen LogP contribution in [0.3, 0.4) is 0 Å². The van der Waals surface area contributed by atoms with Gasteiger partial charge in [-0.1, -0.05) is 80.6 Å². The quantitative estimate of drug-likeness (QED) is 0.240. The van der Waals surface area contributed by atoms with Crippen LogP contribution < -0.4 is 9.62 Å². The summed E-state index contributed by atoms with van der Waals surface area (Å²) in [5.74, 6) is -0.803. The van der Waals surface area contributed by atoms with Gasteiger partial charge >= 0.3 is 0 Å². The summed E-state index contributed by atoms with van der Waals surface area (Å²) >= 11 is 0. The summed E-state index contributed by atoms with van der Waals surface area (Å²) in [7, 11) is -4.05. The first kappa shape index (κ1) is 31.3. The Labute approximate surface area is 241 Å². The van der Waals surface area contributed by atoms with E-state index in [9.17, 15) is 28.1 Å². The van der Waals surface area contributed by atoms with E-state index in [-0.39, 0.29) is 36.2 Å². The Morgan fingerprint density at radius 1 is 0.951 bits per heavy atom. The van der Waals surface area contributed by atoms with E-state index < -0.39 is 33.4 Å². The van der Waals surface area contributed by atoms with Gasteiger partial charge in [0.15, 0.2) is 0 Å². The number of nitro benzene ring substituents is 1. The van der Waals surface area contributed by atoms with Crippen LogP contribution >= 0.6 is 0 Å². The Morgan fingerprint density at radius 2 is 1.54 bits per heavy atom. The lowest BCUT2D eigenvalue weighted by Crippen LogP contribution is -2.53. The molecule has 11 heteroatoms. The first-order chi connectivity index (χ1) is 19.4. The van der Waals surface area contributed by atoms with E-state index in [1.807, 2.05) is 74.5 Å². The van der Waals surface area contributed by atoms with Crippen LogP contribution in [0.25, 0.3) is 0 Å². The van der Waals surface area contributed by atoms with Gasteiger partial charge in [-0.3, -0.25) is 24.0 Å². The monoisotopic (exact) mass is 580 g/mol. The molecule has 218 valence electrons. The number of amides is 2. The third kappa shape index (κ3) is 8.87. The van der Waals surface area contributed by atoms with E-state index >= 15 is 0 Å². The lowest BCUT2D eigenvalue weighted by Gasteiger charge is -2.34. The van der Waals surface area contributed by atoms with Gasteiger partial charge in [-0.25, -0.2) is 8.42 Å². The number of nitro groups is 1. The van der Waals surface area contributed by atoms with Crippen LogP contribution in [0, 0.1) is 23.0 Å². The number of benzene rings is 3. The maximum atomic E-state index is 14.1. The fraction of sp³-hybridized carbons (Fsp3) is 0.333. The minimum atomic E-state index is -4.05. The maximum Gasteiger partial charge on any atom is 0.271 e. The molecule has 0 aliphatic heterocycles. The van der Waals surface area contributed by atoms with Crippen molar-refractivity contribution >= 4 is 33.2 Å². The second kappa shape index (κ2) is 13.9. The molecular weight excluding hydrogens is 544 g/mol. The molecular formula is C30H36N4O6S. The molecule has 0 spiro atoms. The third-order valence-electron chi connectivity index (χ3n) is 6.50. The largest absolute Gasteiger partial charge is 0.354 e. The van der Waals surface area contributed by atoms with Crippen molar-refractivity contribution in [3.8, 4) is 0 Å². The number of sulfonamides is 1. The molecule has 3 aromatic rings. The van der Waals surface area contributed by atoms with Crippen molar-refractivity contribution < 1.29 is 22.9 Å². The molecule has 10 nitrogen and oxygen atoms in total. The highest BCUT2D eigenvalue weighted by Crippen LogP contribution is 2.28. The predicted octanol–water partition coefficient (Wildman–Crippen LogP) is 4.08. The Hall–Kier alpha value is -4.25. The summed E-state index contributed by atoms with van der Waals surface area (Å²) in [6, 6.07) is 21.3. The van der Waals surface area contributed by atoms with Gasteiger partial charge in [-0.2, -0.15) is 0 Å². The molecule has 1 atom stereocenters. The smallest absolute Gasteiger partial charge is 0.271 e. The van der Waals surface area contributed by atoms with Crippen LogP contribution in [-0.4, -0.2) is 55.4 Å². The zero-order valence-corrected chi connectivity index (χ0v) is 24.5. The van der Waals surface area contributed by atoms with Gasteiger partial charge < -0.3 is 10.2 Å². The third-order valence-corrected chi connectivity index (χ3v) is 7.63. The summed E-state index contributed by atoms with van der Waals surface area (Å²) in [6.45, 7) is 5.35. The van der Waals surface area contributed by atoms with Crippen molar-refractivity contribution in [2.75, 3.05) is 23.7 Å². The van der Waals surface area contributed by atoms with Gasteiger partial charge in [0.25, 0.3) is 5.69 Å². The van der Waals surface area contributed by atoms with Crippen molar-refractivity contribution in [1.29, 1.82) is 0 Å². The van der Waals surface area contributed by atoms with E-state index in [1.54, 1.807) is 6.92 Å². The van der Waals surface area contributed by atoms with Gasteiger partial charge in [-0.15, -0.1) is 0 Å². The van der Waals surface area contributed by atoms with Gasteiger partial charge in [0.05, 0.1) is 16.9 Å². The van der Waals surface area contributed by atoms with Crippen LogP contribution in [0.1, 0.15) is 30.5 Å². The van der Waals surface area contributed by atoms with Crippen LogP contribution in [0.4, 0.5) is 11.4 Å². The summed E-state index contributed by atoms with van der Waals surface area (Å²) in [4.78, 5) is 39.9. The SMILES string of the molecule is Cc1ccc([N+](=O)[O-])cc1N(CC(=O)N(Cc1ccccc1)[C@H](Cc1ccccc1)C(=O)NCC(C)C)S(C)(=O)=O. The number of nitrogens with zero attached hydrogens (tertiary/aromatic N) is 3. The Balaban J connectivity index is 2.08. The molecule has 0 aromatic heterocycles. The minimum absolute atomic E-state index is 0.0265. The number of hydrogen-bond acceptors (Lipinski definition) is 6. The number of nitrogens with one attached hydrogen (secondary N) is 1. The van der Waals surface area contributed by atoms with Gasteiger partial charge in [0, 0.05) is 31.6 Å². The molecule has 3 rings (SSSR count). The summed E-state index contributed by atoms with van der Waals surface area (Å²) < 4.78 is 26.8. The Kier molecular flexibility index (Phi) is 10.6. The summed E-state index contributed by atoms with van der Waals surface area (Å²) in [6.07, 6.45) is 1.15. The standard InChI is InChI=1S/C30H36N4O6S/c1-22(2)19-31-30(36)28(17-24-11-7-5-8-12-24)32(20-25-13-9-6-10-14-25)29(35)21-33(41(4,39)40)27-18-26(34(37)38)16-15-23(27)3/h5-16,18,22,28H,17,19-21H2,1-4H3,(H,31,36)/t28-/m1/s1. The van der Waals surface area contributed by atoms with E-state index in [2.05, 4.69) is 5.32 Å². The average Bonchev–Trinajstić information content (AvgIpc) is 2.93. The molecule has 0 saturated heterocycles. The topological polar surface area (TPSA) is 130 Å². The number of aryl methyl sites for hydroxylation is 1. The van der Waals surface area contributed by atoms with Crippen LogP contribution in [0.2, 0.25) is 0 Å². The first-order valence-electron chi connectivity index (χ1n) is 13.2. The molecule has 0 saturated carbocycles. The molecule has 0 heterocycles.